The Morgan fingerprint density at radius 2 is 2.46 bits per heavy atom. The summed E-state index contributed by atoms with van der Waals surface area (Å²) in [6, 6.07) is 2.39. The van der Waals surface area contributed by atoms with Gasteiger partial charge in [0, 0.05) is 12.5 Å². The van der Waals surface area contributed by atoms with Crippen molar-refractivity contribution in [1.29, 1.82) is 5.26 Å². The van der Waals surface area contributed by atoms with Crippen molar-refractivity contribution in [2.45, 2.75) is 25.8 Å². The number of hydrogen-bond acceptors (Lipinski definition) is 3. The van der Waals surface area contributed by atoms with Crippen molar-refractivity contribution in [3.8, 4) is 6.07 Å². The van der Waals surface area contributed by atoms with Crippen LogP contribution in [0.4, 0.5) is 0 Å². The van der Waals surface area contributed by atoms with Gasteiger partial charge in [-0.1, -0.05) is 0 Å². The van der Waals surface area contributed by atoms with E-state index in [1.165, 1.54) is 0 Å². The van der Waals surface area contributed by atoms with E-state index in [4.69, 9.17) is 5.26 Å². The highest BCUT2D eigenvalue weighted by Crippen LogP contribution is 2.17. The number of likely N-dealkylation sites (tertiary alicyclic amines) is 1. The molecule has 1 amide bonds. The Morgan fingerprint density at radius 3 is 2.92 bits per heavy atom. The second-order valence-corrected chi connectivity index (χ2v) is 3.56. The minimum Gasteiger partial charge on any atom is -0.327 e. The molecular formula is C9H15N3O. The van der Waals surface area contributed by atoms with Gasteiger partial charge in [0.05, 0.1) is 19.3 Å². The summed E-state index contributed by atoms with van der Waals surface area (Å²) in [6.45, 7) is 3.00. The lowest BCUT2D eigenvalue weighted by Crippen LogP contribution is -2.40. The van der Waals surface area contributed by atoms with E-state index in [9.17, 15) is 4.79 Å². The lowest BCUT2D eigenvalue weighted by atomic mass is 10.2. The van der Waals surface area contributed by atoms with Gasteiger partial charge in [0.15, 0.2) is 0 Å². The first-order valence-corrected chi connectivity index (χ1v) is 4.50. The van der Waals surface area contributed by atoms with Gasteiger partial charge in [-0.25, -0.2) is 0 Å². The fourth-order valence-electron chi connectivity index (χ4n) is 1.53. The van der Waals surface area contributed by atoms with Crippen LogP contribution < -0.4 is 0 Å². The van der Waals surface area contributed by atoms with Gasteiger partial charge < -0.3 is 4.90 Å². The van der Waals surface area contributed by atoms with Crippen LogP contribution in [0.5, 0.6) is 0 Å². The summed E-state index contributed by atoms with van der Waals surface area (Å²) in [6.07, 6.45) is 1.60. The van der Waals surface area contributed by atoms with Crippen LogP contribution in [0, 0.1) is 11.3 Å². The highest BCUT2D eigenvalue weighted by atomic mass is 16.2. The highest BCUT2D eigenvalue weighted by Gasteiger charge is 2.27. The molecule has 1 fully saturated rings. The lowest BCUT2D eigenvalue weighted by molar-refractivity contribution is -0.130. The van der Waals surface area contributed by atoms with Crippen molar-refractivity contribution in [3.63, 3.8) is 0 Å². The minimum atomic E-state index is 0.206. The van der Waals surface area contributed by atoms with Crippen LogP contribution in [0.1, 0.15) is 19.8 Å². The second-order valence-electron chi connectivity index (χ2n) is 3.56. The van der Waals surface area contributed by atoms with E-state index >= 15 is 0 Å². The molecular weight excluding hydrogens is 166 g/mol. The molecule has 0 radical (unpaired) electrons. The number of rotatable bonds is 3. The Bertz CT molecular complexity index is 234. The van der Waals surface area contributed by atoms with Crippen molar-refractivity contribution in [2.24, 2.45) is 0 Å². The average molecular weight is 181 g/mol. The molecule has 0 aromatic carbocycles. The number of hydrogen-bond donors (Lipinski definition) is 0. The van der Waals surface area contributed by atoms with Crippen LogP contribution in [0.25, 0.3) is 0 Å². The number of carbonyl (C=O) groups is 1. The fraction of sp³-hybridized carbons (Fsp3) is 0.778. The molecule has 0 aliphatic carbocycles. The van der Waals surface area contributed by atoms with Crippen molar-refractivity contribution >= 4 is 5.91 Å². The fourth-order valence-corrected chi connectivity index (χ4v) is 1.53. The number of nitriles is 1. The van der Waals surface area contributed by atoms with E-state index < -0.39 is 0 Å². The number of carbonyl (C=O) groups excluding carboxylic acids is 1. The first kappa shape index (κ1) is 10.0. The van der Waals surface area contributed by atoms with Gasteiger partial charge in [0.2, 0.25) is 5.91 Å². The third-order valence-electron chi connectivity index (χ3n) is 2.36. The first-order chi connectivity index (χ1) is 6.15. The largest absolute Gasteiger partial charge is 0.327 e. The summed E-state index contributed by atoms with van der Waals surface area (Å²) < 4.78 is 0. The number of nitrogens with zero attached hydrogens (tertiary/aromatic N) is 3. The Labute approximate surface area is 78.7 Å². The van der Waals surface area contributed by atoms with Crippen LogP contribution in [-0.2, 0) is 4.79 Å². The predicted molar refractivity (Wildman–Crippen MR) is 48.7 cm³/mol. The predicted octanol–water partition coefficient (Wildman–Crippen LogP) is 0.410. The molecule has 1 aliphatic heterocycles. The van der Waals surface area contributed by atoms with Gasteiger partial charge in [0.25, 0.3) is 0 Å². The third kappa shape index (κ3) is 2.43. The molecule has 0 bridgehead atoms. The third-order valence-corrected chi connectivity index (χ3v) is 2.36. The smallest absolute Gasteiger partial charge is 0.223 e. The molecule has 0 aromatic heterocycles. The van der Waals surface area contributed by atoms with E-state index in [0.29, 0.717) is 25.7 Å². The zero-order valence-electron chi connectivity index (χ0n) is 8.16. The van der Waals surface area contributed by atoms with E-state index in [1.54, 1.807) is 0 Å². The molecule has 0 saturated carbocycles. The molecule has 1 rings (SSSR count). The lowest BCUT2D eigenvalue weighted by Gasteiger charge is -2.26. The maximum absolute atomic E-state index is 11.3. The summed E-state index contributed by atoms with van der Waals surface area (Å²) >= 11 is 0. The molecule has 1 aliphatic rings. The van der Waals surface area contributed by atoms with Crippen LogP contribution in [0.2, 0.25) is 0 Å². The quantitative estimate of drug-likeness (QED) is 0.592. The van der Waals surface area contributed by atoms with Crippen LogP contribution >= 0.6 is 0 Å². The molecule has 0 N–H and O–H groups in total. The van der Waals surface area contributed by atoms with Gasteiger partial charge in [-0.3, -0.25) is 9.69 Å². The molecule has 4 heteroatoms. The first-order valence-electron chi connectivity index (χ1n) is 4.50. The molecule has 72 valence electrons. The standard InChI is InChI=1S/C9H15N3O/c1-8-3-4-9(13)12(8)7-11(2)6-5-10/h8H,3-4,6-7H2,1-2H3. The Morgan fingerprint density at radius 1 is 1.77 bits per heavy atom. The normalized spacial score (nSPS) is 22.5. The van der Waals surface area contributed by atoms with Crippen molar-refractivity contribution in [1.82, 2.24) is 9.80 Å². The van der Waals surface area contributed by atoms with Gasteiger partial charge in [-0.2, -0.15) is 5.26 Å². The molecule has 13 heavy (non-hydrogen) atoms. The Hall–Kier alpha value is -1.08. The SMILES string of the molecule is CC1CCC(=O)N1CN(C)CC#N. The van der Waals surface area contributed by atoms with E-state index in [0.717, 1.165) is 6.42 Å². The van der Waals surface area contributed by atoms with Gasteiger partial charge in [-0.05, 0) is 20.4 Å². The Balaban J connectivity index is 2.43. The maximum Gasteiger partial charge on any atom is 0.223 e. The zero-order valence-corrected chi connectivity index (χ0v) is 8.16. The molecule has 1 saturated heterocycles. The van der Waals surface area contributed by atoms with Crippen molar-refractivity contribution < 1.29 is 4.79 Å². The summed E-state index contributed by atoms with van der Waals surface area (Å²) in [7, 11) is 1.85. The van der Waals surface area contributed by atoms with Crippen molar-refractivity contribution in [3.05, 3.63) is 0 Å². The monoisotopic (exact) mass is 181 g/mol. The van der Waals surface area contributed by atoms with E-state index in [-0.39, 0.29) is 5.91 Å². The van der Waals surface area contributed by atoms with Crippen LogP contribution in [0.3, 0.4) is 0 Å². The highest BCUT2D eigenvalue weighted by molar-refractivity contribution is 5.78. The van der Waals surface area contributed by atoms with Gasteiger partial charge >= 0.3 is 0 Å². The van der Waals surface area contributed by atoms with E-state index in [1.807, 2.05) is 23.8 Å². The second kappa shape index (κ2) is 4.24. The number of amides is 1. The minimum absolute atomic E-state index is 0.206. The van der Waals surface area contributed by atoms with Crippen LogP contribution in [-0.4, -0.2) is 42.0 Å². The molecule has 1 unspecified atom stereocenters. The van der Waals surface area contributed by atoms with Crippen molar-refractivity contribution in [2.75, 3.05) is 20.3 Å². The molecule has 1 heterocycles. The summed E-state index contributed by atoms with van der Waals surface area (Å²) in [5, 5.41) is 8.45. The topological polar surface area (TPSA) is 47.3 Å². The summed E-state index contributed by atoms with van der Waals surface area (Å²) in [4.78, 5) is 15.0. The van der Waals surface area contributed by atoms with Gasteiger partial charge in [-0.15, -0.1) is 0 Å². The molecule has 4 nitrogen and oxygen atoms in total. The summed E-state index contributed by atoms with van der Waals surface area (Å²) in [5.74, 6) is 0.206. The average Bonchev–Trinajstić information content (AvgIpc) is 2.36. The molecule has 0 spiro atoms. The summed E-state index contributed by atoms with van der Waals surface area (Å²) in [5.41, 5.74) is 0. The molecule has 1 atom stereocenters. The maximum atomic E-state index is 11.3. The van der Waals surface area contributed by atoms with Gasteiger partial charge in [0.1, 0.15) is 0 Å². The van der Waals surface area contributed by atoms with Crippen LogP contribution in [0.15, 0.2) is 0 Å². The molecule has 0 aromatic rings. The zero-order chi connectivity index (χ0) is 9.84. The Kier molecular flexibility index (Phi) is 3.26. The van der Waals surface area contributed by atoms with E-state index in [2.05, 4.69) is 6.07 Å².